The summed E-state index contributed by atoms with van der Waals surface area (Å²) in [6, 6.07) is 1.82. The van der Waals surface area contributed by atoms with Gasteiger partial charge in [0.05, 0.1) is 12.2 Å². The Bertz CT molecular complexity index is 439. The summed E-state index contributed by atoms with van der Waals surface area (Å²) in [7, 11) is 0. The lowest BCUT2D eigenvalue weighted by molar-refractivity contribution is -0.146. The van der Waals surface area contributed by atoms with Crippen molar-refractivity contribution in [1.82, 2.24) is 9.88 Å². The molecule has 1 aromatic rings. The van der Waals surface area contributed by atoms with Crippen LogP contribution in [-0.4, -0.2) is 48.8 Å². The minimum absolute atomic E-state index is 0.370. The molecule has 1 aliphatic rings. The van der Waals surface area contributed by atoms with Gasteiger partial charge in [-0.05, 0) is 18.6 Å². The van der Waals surface area contributed by atoms with Crippen molar-refractivity contribution in [1.29, 1.82) is 0 Å². The fourth-order valence-corrected chi connectivity index (χ4v) is 2.18. The number of rotatable bonds is 2. The number of pyridine rings is 1. The number of alkyl halides is 3. The highest BCUT2D eigenvalue weighted by atomic mass is 19.4. The van der Waals surface area contributed by atoms with E-state index in [4.69, 9.17) is 5.73 Å². The third-order valence-corrected chi connectivity index (χ3v) is 3.26. The highest BCUT2D eigenvalue weighted by molar-refractivity contribution is 5.66. The summed E-state index contributed by atoms with van der Waals surface area (Å²) in [6.45, 7) is 2.80. The van der Waals surface area contributed by atoms with Crippen LogP contribution in [0.15, 0.2) is 12.3 Å². The molecule has 0 atom stereocenters. The first-order valence-electron chi connectivity index (χ1n) is 6.12. The first-order chi connectivity index (χ1) is 8.87. The molecule has 0 radical (unpaired) electrons. The number of aryl methyl sites for hydroxylation is 1. The fourth-order valence-electron chi connectivity index (χ4n) is 2.18. The minimum atomic E-state index is -4.14. The van der Waals surface area contributed by atoms with E-state index >= 15 is 0 Å². The maximum atomic E-state index is 12.3. The van der Waals surface area contributed by atoms with E-state index in [0.717, 1.165) is 5.56 Å². The van der Waals surface area contributed by atoms with Crippen LogP contribution in [0.2, 0.25) is 0 Å². The van der Waals surface area contributed by atoms with Crippen molar-refractivity contribution >= 4 is 11.5 Å². The van der Waals surface area contributed by atoms with E-state index in [9.17, 15) is 13.2 Å². The van der Waals surface area contributed by atoms with Crippen molar-refractivity contribution in [2.24, 2.45) is 0 Å². The summed E-state index contributed by atoms with van der Waals surface area (Å²) in [5.74, 6) is 0.673. The van der Waals surface area contributed by atoms with Gasteiger partial charge in [-0.15, -0.1) is 0 Å². The molecule has 7 heteroatoms. The van der Waals surface area contributed by atoms with Crippen molar-refractivity contribution in [3.8, 4) is 0 Å². The van der Waals surface area contributed by atoms with Gasteiger partial charge in [-0.3, -0.25) is 4.90 Å². The number of anilines is 2. The lowest BCUT2D eigenvalue weighted by Gasteiger charge is -2.36. The molecule has 2 N–H and O–H groups in total. The van der Waals surface area contributed by atoms with Crippen LogP contribution in [0.25, 0.3) is 0 Å². The molecule has 0 spiro atoms. The van der Waals surface area contributed by atoms with Crippen LogP contribution in [0.4, 0.5) is 24.7 Å². The molecule has 19 heavy (non-hydrogen) atoms. The van der Waals surface area contributed by atoms with Gasteiger partial charge in [0, 0.05) is 32.4 Å². The van der Waals surface area contributed by atoms with Crippen LogP contribution in [-0.2, 0) is 0 Å². The Morgan fingerprint density at radius 1 is 1.26 bits per heavy atom. The largest absolute Gasteiger partial charge is 0.401 e. The van der Waals surface area contributed by atoms with Crippen molar-refractivity contribution in [3.63, 3.8) is 0 Å². The second kappa shape index (κ2) is 5.24. The summed E-state index contributed by atoms with van der Waals surface area (Å²) < 4.78 is 36.9. The standard InChI is InChI=1S/C12H17F3N4/c1-9-2-3-17-11(10(9)16)19-6-4-18(5-7-19)8-12(13,14)15/h2-3H,4-8,16H2,1H3. The maximum Gasteiger partial charge on any atom is 0.401 e. The normalized spacial score (nSPS) is 17.8. The SMILES string of the molecule is Cc1ccnc(N2CCN(CC(F)(F)F)CC2)c1N. The van der Waals surface area contributed by atoms with Crippen LogP contribution in [0.5, 0.6) is 0 Å². The Kier molecular flexibility index (Phi) is 3.84. The van der Waals surface area contributed by atoms with Gasteiger partial charge < -0.3 is 10.6 Å². The van der Waals surface area contributed by atoms with Crippen LogP contribution in [0, 0.1) is 6.92 Å². The molecule has 4 nitrogen and oxygen atoms in total. The van der Waals surface area contributed by atoms with Crippen molar-refractivity contribution in [3.05, 3.63) is 17.8 Å². The number of aromatic nitrogens is 1. The lowest BCUT2D eigenvalue weighted by Crippen LogP contribution is -2.49. The number of nitrogens with zero attached hydrogens (tertiary/aromatic N) is 3. The molecule has 0 bridgehead atoms. The molecule has 0 unspecified atom stereocenters. The van der Waals surface area contributed by atoms with E-state index < -0.39 is 12.7 Å². The number of nitrogen functional groups attached to an aromatic ring is 1. The van der Waals surface area contributed by atoms with Gasteiger partial charge in [-0.2, -0.15) is 13.2 Å². The Labute approximate surface area is 110 Å². The number of hydrogen-bond acceptors (Lipinski definition) is 4. The Morgan fingerprint density at radius 3 is 2.47 bits per heavy atom. The van der Waals surface area contributed by atoms with E-state index in [-0.39, 0.29) is 0 Å². The van der Waals surface area contributed by atoms with E-state index in [1.54, 1.807) is 6.20 Å². The fraction of sp³-hybridized carbons (Fsp3) is 0.583. The van der Waals surface area contributed by atoms with E-state index in [2.05, 4.69) is 4.98 Å². The molecule has 0 aliphatic carbocycles. The van der Waals surface area contributed by atoms with Crippen LogP contribution >= 0.6 is 0 Å². The summed E-state index contributed by atoms with van der Waals surface area (Å²) in [5, 5.41) is 0. The molecular weight excluding hydrogens is 257 g/mol. The monoisotopic (exact) mass is 274 g/mol. The molecule has 106 valence electrons. The highest BCUT2D eigenvalue weighted by Crippen LogP contribution is 2.25. The molecule has 1 aromatic heterocycles. The Morgan fingerprint density at radius 2 is 1.89 bits per heavy atom. The van der Waals surface area contributed by atoms with Crippen molar-refractivity contribution < 1.29 is 13.2 Å². The smallest absolute Gasteiger partial charge is 0.396 e. The predicted molar refractivity (Wildman–Crippen MR) is 68.1 cm³/mol. The topological polar surface area (TPSA) is 45.4 Å². The number of nitrogens with two attached hydrogens (primary N) is 1. The molecule has 0 aromatic carbocycles. The van der Waals surface area contributed by atoms with E-state index in [1.807, 2.05) is 17.9 Å². The molecule has 1 saturated heterocycles. The van der Waals surface area contributed by atoms with Gasteiger partial charge in [-0.25, -0.2) is 4.98 Å². The van der Waals surface area contributed by atoms with Crippen molar-refractivity contribution in [2.75, 3.05) is 43.4 Å². The maximum absolute atomic E-state index is 12.3. The molecule has 2 rings (SSSR count). The van der Waals surface area contributed by atoms with Crippen LogP contribution in [0.1, 0.15) is 5.56 Å². The Balaban J connectivity index is 1.98. The van der Waals surface area contributed by atoms with Gasteiger partial charge in [-0.1, -0.05) is 0 Å². The van der Waals surface area contributed by atoms with Gasteiger partial charge >= 0.3 is 6.18 Å². The Hall–Kier alpha value is -1.50. The average Bonchev–Trinajstić information content (AvgIpc) is 2.32. The third kappa shape index (κ3) is 3.50. The zero-order chi connectivity index (χ0) is 14.0. The molecule has 1 fully saturated rings. The zero-order valence-electron chi connectivity index (χ0n) is 10.7. The molecular formula is C12H17F3N4. The third-order valence-electron chi connectivity index (χ3n) is 3.26. The number of hydrogen-bond donors (Lipinski definition) is 1. The van der Waals surface area contributed by atoms with Gasteiger partial charge in [0.25, 0.3) is 0 Å². The van der Waals surface area contributed by atoms with Crippen LogP contribution in [0.3, 0.4) is 0 Å². The van der Waals surface area contributed by atoms with Crippen molar-refractivity contribution in [2.45, 2.75) is 13.1 Å². The van der Waals surface area contributed by atoms with Gasteiger partial charge in [0.1, 0.15) is 0 Å². The summed E-state index contributed by atoms with van der Waals surface area (Å²) >= 11 is 0. The van der Waals surface area contributed by atoms with Crippen LogP contribution < -0.4 is 10.6 Å². The quantitative estimate of drug-likeness (QED) is 0.891. The molecule has 0 amide bonds. The predicted octanol–water partition coefficient (Wildman–Crippen LogP) is 1.66. The summed E-state index contributed by atoms with van der Waals surface area (Å²) in [4.78, 5) is 7.57. The summed E-state index contributed by atoms with van der Waals surface area (Å²) in [5.41, 5.74) is 7.49. The second-order valence-corrected chi connectivity index (χ2v) is 4.74. The van der Waals surface area contributed by atoms with Gasteiger partial charge in [0.2, 0.25) is 0 Å². The molecule has 2 heterocycles. The average molecular weight is 274 g/mol. The van der Waals surface area contributed by atoms with Gasteiger partial charge in [0.15, 0.2) is 5.82 Å². The first kappa shape index (κ1) is 13.9. The number of piperazine rings is 1. The first-order valence-corrected chi connectivity index (χ1v) is 6.12. The van der Waals surface area contributed by atoms with E-state index in [1.165, 1.54) is 4.90 Å². The highest BCUT2D eigenvalue weighted by Gasteiger charge is 2.32. The number of halogens is 3. The zero-order valence-corrected chi connectivity index (χ0v) is 10.7. The molecule has 1 aliphatic heterocycles. The lowest BCUT2D eigenvalue weighted by atomic mass is 10.2. The minimum Gasteiger partial charge on any atom is -0.396 e. The summed E-state index contributed by atoms with van der Waals surface area (Å²) in [6.07, 6.45) is -2.47. The second-order valence-electron chi connectivity index (χ2n) is 4.74. The van der Waals surface area contributed by atoms with E-state index in [0.29, 0.717) is 37.7 Å². The molecule has 0 saturated carbocycles.